The number of rotatable bonds is 7. The van der Waals surface area contributed by atoms with Crippen LogP contribution in [-0.2, 0) is 13.1 Å². The Balaban J connectivity index is 1.49. The fraction of sp³-hybridized carbons (Fsp3) is 0.429. The largest absolute Gasteiger partial charge is 0.324 e. The van der Waals surface area contributed by atoms with E-state index in [0.717, 1.165) is 37.3 Å². The summed E-state index contributed by atoms with van der Waals surface area (Å²) in [7, 11) is 0. The van der Waals surface area contributed by atoms with Crippen molar-refractivity contribution in [2.24, 2.45) is 0 Å². The summed E-state index contributed by atoms with van der Waals surface area (Å²) in [6.07, 6.45) is 7.34. The van der Waals surface area contributed by atoms with E-state index in [1.807, 2.05) is 41.6 Å². The van der Waals surface area contributed by atoms with E-state index >= 15 is 0 Å². The Bertz CT molecular complexity index is 1130. The third-order valence-electron chi connectivity index (χ3n) is 6.74. The molecule has 7 nitrogen and oxygen atoms in total. The van der Waals surface area contributed by atoms with Gasteiger partial charge in [0.2, 0.25) is 0 Å². The van der Waals surface area contributed by atoms with Gasteiger partial charge in [-0.3, -0.25) is 20.2 Å². The van der Waals surface area contributed by atoms with Gasteiger partial charge < -0.3 is 4.90 Å². The van der Waals surface area contributed by atoms with Gasteiger partial charge in [0.1, 0.15) is 5.82 Å². The minimum Gasteiger partial charge on any atom is -0.324 e. The highest BCUT2D eigenvalue weighted by Gasteiger charge is 2.28. The van der Waals surface area contributed by atoms with Crippen molar-refractivity contribution >= 4 is 11.8 Å². The van der Waals surface area contributed by atoms with E-state index in [-0.39, 0.29) is 6.03 Å². The first kappa shape index (κ1) is 24.8. The number of urea groups is 1. The minimum atomic E-state index is -0.0865. The van der Waals surface area contributed by atoms with Crippen molar-refractivity contribution in [3.8, 4) is 0 Å². The number of aromatic nitrogens is 3. The number of piperidine rings is 1. The molecule has 1 fully saturated rings. The molecule has 4 heterocycles. The zero-order valence-corrected chi connectivity index (χ0v) is 21.2. The third-order valence-corrected chi connectivity index (χ3v) is 6.74. The summed E-state index contributed by atoms with van der Waals surface area (Å²) in [5.74, 6) is 0.996. The molecule has 184 valence electrons. The van der Waals surface area contributed by atoms with Crippen molar-refractivity contribution in [2.45, 2.75) is 65.6 Å². The van der Waals surface area contributed by atoms with Crippen LogP contribution >= 0.6 is 0 Å². The third kappa shape index (κ3) is 6.42. The average molecular weight is 473 g/mol. The summed E-state index contributed by atoms with van der Waals surface area (Å²) < 4.78 is 0. The summed E-state index contributed by atoms with van der Waals surface area (Å²) in [4.78, 5) is 30.9. The molecule has 4 rings (SSSR count). The van der Waals surface area contributed by atoms with Crippen molar-refractivity contribution in [1.29, 1.82) is 0 Å². The van der Waals surface area contributed by atoms with E-state index in [1.54, 1.807) is 6.20 Å². The summed E-state index contributed by atoms with van der Waals surface area (Å²) in [5, 5.41) is 2.91. The van der Waals surface area contributed by atoms with Crippen LogP contribution < -0.4 is 5.32 Å². The quantitative estimate of drug-likeness (QED) is 0.504. The molecule has 7 heteroatoms. The summed E-state index contributed by atoms with van der Waals surface area (Å²) in [5.41, 5.74) is 5.91. The monoisotopic (exact) mass is 472 g/mol. The summed E-state index contributed by atoms with van der Waals surface area (Å²) >= 11 is 0. The van der Waals surface area contributed by atoms with Gasteiger partial charge in [0, 0.05) is 50.8 Å². The maximum Gasteiger partial charge on any atom is 0.323 e. The van der Waals surface area contributed by atoms with Gasteiger partial charge in [-0.05, 0) is 67.5 Å². The molecule has 1 saturated heterocycles. The number of nitrogens with zero attached hydrogens (tertiary/aromatic N) is 5. The highest BCUT2D eigenvalue weighted by Crippen LogP contribution is 2.25. The van der Waals surface area contributed by atoms with Crippen LogP contribution in [0.4, 0.5) is 10.6 Å². The first-order valence-corrected chi connectivity index (χ1v) is 12.5. The minimum absolute atomic E-state index is 0.0865. The van der Waals surface area contributed by atoms with E-state index in [0.29, 0.717) is 30.9 Å². The molecule has 3 aromatic rings. The fourth-order valence-electron chi connectivity index (χ4n) is 4.78. The number of hydrogen-bond acceptors (Lipinski definition) is 5. The van der Waals surface area contributed by atoms with Crippen molar-refractivity contribution in [1.82, 2.24) is 24.8 Å². The van der Waals surface area contributed by atoms with Crippen LogP contribution in [0.25, 0.3) is 0 Å². The van der Waals surface area contributed by atoms with Crippen LogP contribution in [0.2, 0.25) is 0 Å². The van der Waals surface area contributed by atoms with Gasteiger partial charge >= 0.3 is 6.03 Å². The normalized spacial score (nSPS) is 14.5. The standard InChI is InChI=1S/C28H36N6O/c1-20(2)24-8-7-13-29-26(24)19-34(18-25-22(4)16-21(3)17-31-25)23-10-14-33(15-11-23)28(35)32-27-9-5-6-12-30-27/h5-9,12-13,16-17,20,23H,10-11,14-15,18-19H2,1-4H3,(H,30,32,35). The van der Waals surface area contributed by atoms with Crippen molar-refractivity contribution < 1.29 is 4.79 Å². The number of carbonyl (C=O) groups excluding carboxylic acids is 1. The van der Waals surface area contributed by atoms with Crippen LogP contribution in [0.5, 0.6) is 0 Å². The van der Waals surface area contributed by atoms with Gasteiger partial charge in [0.15, 0.2) is 0 Å². The lowest BCUT2D eigenvalue weighted by Crippen LogP contribution is -2.47. The van der Waals surface area contributed by atoms with Gasteiger partial charge in [0.05, 0.1) is 11.4 Å². The van der Waals surface area contributed by atoms with E-state index in [9.17, 15) is 4.79 Å². The Morgan fingerprint density at radius 3 is 2.46 bits per heavy atom. The molecule has 0 unspecified atom stereocenters. The Morgan fingerprint density at radius 1 is 1.03 bits per heavy atom. The predicted molar refractivity (Wildman–Crippen MR) is 139 cm³/mol. The molecule has 0 aliphatic carbocycles. The molecule has 2 amide bonds. The summed E-state index contributed by atoms with van der Waals surface area (Å²) in [6, 6.07) is 12.2. The molecule has 35 heavy (non-hydrogen) atoms. The Kier molecular flexibility index (Phi) is 8.08. The molecular weight excluding hydrogens is 436 g/mol. The number of aryl methyl sites for hydroxylation is 2. The summed E-state index contributed by atoms with van der Waals surface area (Å²) in [6.45, 7) is 11.6. The maximum atomic E-state index is 12.8. The van der Waals surface area contributed by atoms with E-state index < -0.39 is 0 Å². The molecule has 0 spiro atoms. The molecule has 0 bridgehead atoms. The van der Waals surface area contributed by atoms with Crippen molar-refractivity contribution in [2.75, 3.05) is 18.4 Å². The van der Waals surface area contributed by atoms with E-state index in [1.165, 1.54) is 16.7 Å². The van der Waals surface area contributed by atoms with Gasteiger partial charge in [-0.15, -0.1) is 0 Å². The molecule has 1 aliphatic heterocycles. The molecule has 0 radical (unpaired) electrons. The Labute approximate surface area is 208 Å². The highest BCUT2D eigenvalue weighted by molar-refractivity contribution is 5.88. The number of likely N-dealkylation sites (tertiary alicyclic amines) is 1. The maximum absolute atomic E-state index is 12.8. The molecular formula is C28H36N6O. The number of nitrogens with one attached hydrogen (secondary N) is 1. The molecule has 1 N–H and O–H groups in total. The first-order valence-electron chi connectivity index (χ1n) is 12.5. The lowest BCUT2D eigenvalue weighted by molar-refractivity contribution is 0.107. The van der Waals surface area contributed by atoms with E-state index in [4.69, 9.17) is 9.97 Å². The smallest absolute Gasteiger partial charge is 0.323 e. The second-order valence-electron chi connectivity index (χ2n) is 9.74. The molecule has 0 atom stereocenters. The Hall–Kier alpha value is -3.32. The molecule has 0 aromatic carbocycles. The van der Waals surface area contributed by atoms with Crippen LogP contribution in [0.15, 0.2) is 55.0 Å². The van der Waals surface area contributed by atoms with Crippen molar-refractivity contribution in [3.05, 3.63) is 83.1 Å². The van der Waals surface area contributed by atoms with Gasteiger partial charge in [-0.1, -0.05) is 32.0 Å². The molecule has 3 aromatic heterocycles. The van der Waals surface area contributed by atoms with Crippen LogP contribution in [0.3, 0.4) is 0 Å². The first-order chi connectivity index (χ1) is 16.9. The number of anilines is 1. The van der Waals surface area contributed by atoms with Crippen LogP contribution in [0.1, 0.15) is 60.7 Å². The number of amides is 2. The van der Waals surface area contributed by atoms with Gasteiger partial charge in [-0.2, -0.15) is 0 Å². The zero-order valence-electron chi connectivity index (χ0n) is 21.2. The SMILES string of the molecule is Cc1cnc(CN(Cc2ncccc2C(C)C)C2CCN(C(=O)Nc3ccccn3)CC2)c(C)c1. The second kappa shape index (κ2) is 11.4. The second-order valence-corrected chi connectivity index (χ2v) is 9.74. The van der Waals surface area contributed by atoms with Crippen LogP contribution in [-0.4, -0.2) is 49.9 Å². The Morgan fingerprint density at radius 2 is 1.77 bits per heavy atom. The predicted octanol–water partition coefficient (Wildman–Crippen LogP) is 5.31. The fourth-order valence-corrected chi connectivity index (χ4v) is 4.78. The highest BCUT2D eigenvalue weighted by atomic mass is 16.2. The van der Waals surface area contributed by atoms with E-state index in [2.05, 4.69) is 55.0 Å². The van der Waals surface area contributed by atoms with Gasteiger partial charge in [-0.25, -0.2) is 9.78 Å². The number of pyridine rings is 3. The molecule has 0 saturated carbocycles. The average Bonchev–Trinajstić information content (AvgIpc) is 2.86. The van der Waals surface area contributed by atoms with Crippen molar-refractivity contribution in [3.63, 3.8) is 0 Å². The number of carbonyl (C=O) groups is 1. The van der Waals surface area contributed by atoms with Crippen LogP contribution in [0, 0.1) is 13.8 Å². The lowest BCUT2D eigenvalue weighted by atomic mass is 9.98. The van der Waals surface area contributed by atoms with Gasteiger partial charge in [0.25, 0.3) is 0 Å². The lowest BCUT2D eigenvalue weighted by Gasteiger charge is -2.38. The number of hydrogen-bond donors (Lipinski definition) is 1. The molecule has 1 aliphatic rings. The zero-order chi connectivity index (χ0) is 24.8. The topological polar surface area (TPSA) is 74.2 Å².